The monoisotopic (exact) mass is 283 g/mol. The lowest BCUT2D eigenvalue weighted by molar-refractivity contribution is 0.200. The van der Waals surface area contributed by atoms with Crippen LogP contribution in [0.1, 0.15) is 31.9 Å². The highest BCUT2D eigenvalue weighted by molar-refractivity contribution is 6.31. The van der Waals surface area contributed by atoms with Crippen LogP contribution >= 0.6 is 11.6 Å². The average Bonchev–Trinajstić information content (AvgIpc) is 2.38. The van der Waals surface area contributed by atoms with E-state index in [2.05, 4.69) is 37.9 Å². The van der Waals surface area contributed by atoms with Crippen molar-refractivity contribution in [3.63, 3.8) is 0 Å². The third-order valence-electron chi connectivity index (χ3n) is 3.54. The summed E-state index contributed by atoms with van der Waals surface area (Å²) in [5, 5.41) is 12.2. The average molecular weight is 284 g/mol. The third kappa shape index (κ3) is 4.11. The maximum absolute atomic E-state index is 8.64. The quantitative estimate of drug-likeness (QED) is 0.378. The Morgan fingerprint density at radius 2 is 2.05 bits per heavy atom. The highest BCUT2D eigenvalue weighted by Crippen LogP contribution is 2.21. The van der Waals surface area contributed by atoms with E-state index in [-0.39, 0.29) is 5.84 Å². The van der Waals surface area contributed by atoms with Crippen LogP contribution in [0.25, 0.3) is 0 Å². The van der Waals surface area contributed by atoms with Crippen LogP contribution in [0.4, 0.5) is 0 Å². The molecular weight excluding hydrogens is 262 g/mol. The number of halogens is 1. The van der Waals surface area contributed by atoms with Crippen molar-refractivity contribution >= 4 is 17.4 Å². The zero-order valence-electron chi connectivity index (χ0n) is 11.9. The highest BCUT2D eigenvalue weighted by atomic mass is 35.5. The molecule has 3 N–H and O–H groups in total. The van der Waals surface area contributed by atoms with Crippen molar-refractivity contribution in [1.29, 1.82) is 0 Å². The molecule has 0 aliphatic carbocycles. The molecule has 0 aliphatic rings. The van der Waals surface area contributed by atoms with Crippen LogP contribution in [0, 0.1) is 5.92 Å². The molecular formula is C14H22ClN3O. The van der Waals surface area contributed by atoms with Gasteiger partial charge in [-0.3, -0.25) is 4.90 Å². The van der Waals surface area contributed by atoms with Gasteiger partial charge in [-0.25, -0.2) is 0 Å². The Kier molecular flexibility index (Phi) is 5.63. The van der Waals surface area contributed by atoms with E-state index >= 15 is 0 Å². The van der Waals surface area contributed by atoms with Gasteiger partial charge in [0, 0.05) is 23.2 Å². The van der Waals surface area contributed by atoms with Crippen LogP contribution in [0.5, 0.6) is 0 Å². The Labute approximate surface area is 119 Å². The molecule has 1 aromatic rings. The van der Waals surface area contributed by atoms with Gasteiger partial charge in [0.2, 0.25) is 0 Å². The van der Waals surface area contributed by atoms with Crippen molar-refractivity contribution in [2.45, 2.75) is 33.4 Å². The standard InChI is InChI=1S/C14H22ClN3O/c1-9(2)10(3)18(4)8-12-6-5-11(7-13(12)15)14(16)17-19/h5-7,9-10,19H,8H2,1-4H3,(H2,16,17). The first-order valence-electron chi connectivity index (χ1n) is 6.33. The lowest BCUT2D eigenvalue weighted by atomic mass is 10.0. The smallest absolute Gasteiger partial charge is 0.170 e. The topological polar surface area (TPSA) is 61.8 Å². The van der Waals surface area contributed by atoms with Crippen molar-refractivity contribution < 1.29 is 5.21 Å². The Morgan fingerprint density at radius 1 is 1.42 bits per heavy atom. The summed E-state index contributed by atoms with van der Waals surface area (Å²) >= 11 is 6.24. The van der Waals surface area contributed by atoms with Crippen LogP contribution < -0.4 is 5.73 Å². The third-order valence-corrected chi connectivity index (χ3v) is 3.89. The summed E-state index contributed by atoms with van der Waals surface area (Å²) in [6.45, 7) is 7.37. The lowest BCUT2D eigenvalue weighted by Gasteiger charge is -2.28. The summed E-state index contributed by atoms with van der Waals surface area (Å²) < 4.78 is 0. The summed E-state index contributed by atoms with van der Waals surface area (Å²) in [6.07, 6.45) is 0. The number of oxime groups is 1. The summed E-state index contributed by atoms with van der Waals surface area (Å²) in [5.74, 6) is 0.651. The van der Waals surface area contributed by atoms with E-state index in [4.69, 9.17) is 22.5 Å². The number of hydrogen-bond acceptors (Lipinski definition) is 3. The SMILES string of the molecule is CC(C)C(C)N(C)Cc1ccc(/C(N)=N/O)cc1Cl. The Balaban J connectivity index is 2.86. The van der Waals surface area contributed by atoms with E-state index < -0.39 is 0 Å². The van der Waals surface area contributed by atoms with Crippen molar-refractivity contribution in [3.8, 4) is 0 Å². The summed E-state index contributed by atoms with van der Waals surface area (Å²) in [6, 6.07) is 5.92. The molecule has 5 heteroatoms. The largest absolute Gasteiger partial charge is 0.409 e. The second-order valence-corrected chi connectivity index (χ2v) is 5.60. The maximum atomic E-state index is 8.64. The van der Waals surface area contributed by atoms with Crippen LogP contribution in [0.15, 0.2) is 23.4 Å². The number of nitrogens with two attached hydrogens (primary N) is 1. The normalized spacial score (nSPS) is 14.2. The lowest BCUT2D eigenvalue weighted by Crippen LogP contribution is -2.32. The molecule has 0 bridgehead atoms. The molecule has 0 spiro atoms. The van der Waals surface area contributed by atoms with E-state index in [1.165, 1.54) is 0 Å². The fourth-order valence-electron chi connectivity index (χ4n) is 1.81. The minimum absolute atomic E-state index is 0.0670. The molecule has 4 nitrogen and oxygen atoms in total. The van der Waals surface area contributed by atoms with Gasteiger partial charge in [-0.2, -0.15) is 0 Å². The Morgan fingerprint density at radius 3 is 2.53 bits per heavy atom. The van der Waals surface area contributed by atoms with E-state index in [0.717, 1.165) is 12.1 Å². The molecule has 1 aromatic carbocycles. The van der Waals surface area contributed by atoms with Crippen LogP contribution in [-0.4, -0.2) is 29.0 Å². The highest BCUT2D eigenvalue weighted by Gasteiger charge is 2.15. The molecule has 0 fully saturated rings. The van der Waals surface area contributed by atoms with E-state index in [1.807, 2.05) is 12.1 Å². The number of rotatable bonds is 5. The minimum Gasteiger partial charge on any atom is -0.409 e. The molecule has 1 unspecified atom stereocenters. The van der Waals surface area contributed by atoms with Gasteiger partial charge < -0.3 is 10.9 Å². The first kappa shape index (κ1) is 15.8. The van der Waals surface area contributed by atoms with Crippen LogP contribution in [-0.2, 0) is 6.54 Å². The summed E-state index contributed by atoms with van der Waals surface area (Å²) in [4.78, 5) is 2.26. The van der Waals surface area contributed by atoms with Crippen LogP contribution in [0.2, 0.25) is 5.02 Å². The fraction of sp³-hybridized carbons (Fsp3) is 0.500. The van der Waals surface area contributed by atoms with Gasteiger partial charge in [0.1, 0.15) is 0 Å². The molecule has 0 radical (unpaired) electrons. The Hall–Kier alpha value is -1.26. The second kappa shape index (κ2) is 6.78. The molecule has 0 aliphatic heterocycles. The van der Waals surface area contributed by atoms with Gasteiger partial charge in [-0.1, -0.05) is 42.7 Å². The van der Waals surface area contributed by atoms with E-state index in [0.29, 0.717) is 22.5 Å². The van der Waals surface area contributed by atoms with Gasteiger partial charge in [0.15, 0.2) is 5.84 Å². The van der Waals surface area contributed by atoms with Gasteiger partial charge >= 0.3 is 0 Å². The summed E-state index contributed by atoms with van der Waals surface area (Å²) in [7, 11) is 2.08. The van der Waals surface area contributed by atoms with E-state index in [9.17, 15) is 0 Å². The number of amidine groups is 1. The number of nitrogens with zero attached hydrogens (tertiary/aromatic N) is 2. The summed E-state index contributed by atoms with van der Waals surface area (Å²) in [5.41, 5.74) is 7.19. The predicted octanol–water partition coefficient (Wildman–Crippen LogP) is 2.91. The molecule has 0 saturated heterocycles. The number of hydrogen-bond donors (Lipinski definition) is 2. The Bertz CT molecular complexity index is 460. The maximum Gasteiger partial charge on any atom is 0.170 e. The van der Waals surface area contributed by atoms with Gasteiger partial charge in [-0.15, -0.1) is 0 Å². The fourth-order valence-corrected chi connectivity index (χ4v) is 2.05. The second-order valence-electron chi connectivity index (χ2n) is 5.19. The number of benzene rings is 1. The van der Waals surface area contributed by atoms with Gasteiger partial charge in [0.25, 0.3) is 0 Å². The van der Waals surface area contributed by atoms with Crippen molar-refractivity contribution in [1.82, 2.24) is 4.90 Å². The van der Waals surface area contributed by atoms with Gasteiger partial charge in [0.05, 0.1) is 0 Å². The molecule has 0 saturated carbocycles. The zero-order chi connectivity index (χ0) is 14.6. The minimum atomic E-state index is 0.0670. The molecule has 1 atom stereocenters. The van der Waals surface area contributed by atoms with Crippen LogP contribution in [0.3, 0.4) is 0 Å². The first-order valence-corrected chi connectivity index (χ1v) is 6.71. The molecule has 19 heavy (non-hydrogen) atoms. The molecule has 0 heterocycles. The van der Waals surface area contributed by atoms with Crippen molar-refractivity contribution in [3.05, 3.63) is 34.3 Å². The molecule has 0 amide bonds. The van der Waals surface area contributed by atoms with Gasteiger partial charge in [-0.05, 0) is 31.5 Å². The predicted molar refractivity (Wildman–Crippen MR) is 79.7 cm³/mol. The zero-order valence-corrected chi connectivity index (χ0v) is 12.6. The van der Waals surface area contributed by atoms with Crippen molar-refractivity contribution in [2.75, 3.05) is 7.05 Å². The van der Waals surface area contributed by atoms with E-state index in [1.54, 1.807) is 6.07 Å². The van der Waals surface area contributed by atoms with Crippen molar-refractivity contribution in [2.24, 2.45) is 16.8 Å². The molecule has 106 valence electrons. The first-order chi connectivity index (χ1) is 8.86. The molecule has 0 aromatic heterocycles. The molecule has 1 rings (SSSR count).